The molecular formula is C14H17Br3O2. The molecule has 0 heterocycles. The molecule has 0 radical (unpaired) electrons. The molecule has 1 fully saturated rings. The van der Waals surface area contributed by atoms with E-state index >= 15 is 0 Å². The molecule has 2 rings (SSSR count). The minimum Gasteiger partial charge on any atom is -0.489 e. The van der Waals surface area contributed by atoms with Crippen LogP contribution in [0.2, 0.25) is 0 Å². The van der Waals surface area contributed by atoms with E-state index in [4.69, 9.17) is 4.74 Å². The van der Waals surface area contributed by atoms with Gasteiger partial charge in [-0.05, 0) is 62.8 Å². The van der Waals surface area contributed by atoms with E-state index in [9.17, 15) is 5.11 Å². The highest BCUT2D eigenvalue weighted by atomic mass is 79.9. The fraction of sp³-hybridized carbons (Fsp3) is 0.571. The van der Waals surface area contributed by atoms with Gasteiger partial charge in [0.2, 0.25) is 0 Å². The smallest absolute Gasteiger partial charge is 0.147 e. The lowest BCUT2D eigenvalue weighted by Crippen LogP contribution is -2.29. The fourth-order valence-corrected chi connectivity index (χ4v) is 4.98. The highest BCUT2D eigenvalue weighted by molar-refractivity contribution is 9.11. The quantitative estimate of drug-likeness (QED) is 0.666. The second-order valence-corrected chi connectivity index (χ2v) is 7.60. The van der Waals surface area contributed by atoms with Crippen LogP contribution in [0.25, 0.3) is 0 Å². The lowest BCUT2D eigenvalue weighted by atomic mass is 9.85. The standard InChI is InChI=1S/C14H17Br3O2/c15-10-6-11(16)14(12(17)7-10)19-8-13(18)9-4-2-1-3-5-9/h6-7,9,13,18H,1-5,8H2. The maximum absolute atomic E-state index is 10.2. The van der Waals surface area contributed by atoms with Gasteiger partial charge in [0, 0.05) is 4.47 Å². The molecule has 1 unspecified atom stereocenters. The number of ether oxygens (including phenoxy) is 1. The van der Waals surface area contributed by atoms with E-state index in [-0.39, 0.29) is 6.10 Å². The van der Waals surface area contributed by atoms with Gasteiger partial charge < -0.3 is 9.84 Å². The maximum atomic E-state index is 10.2. The summed E-state index contributed by atoms with van der Waals surface area (Å²) in [7, 11) is 0. The summed E-state index contributed by atoms with van der Waals surface area (Å²) in [5.41, 5.74) is 0. The molecule has 0 amide bonds. The average molecular weight is 457 g/mol. The topological polar surface area (TPSA) is 29.5 Å². The SMILES string of the molecule is OC(COc1c(Br)cc(Br)cc1Br)C1CCCCC1. The van der Waals surface area contributed by atoms with Gasteiger partial charge in [-0.1, -0.05) is 35.2 Å². The Hall–Kier alpha value is 0.420. The molecular weight excluding hydrogens is 440 g/mol. The van der Waals surface area contributed by atoms with E-state index in [1.807, 2.05) is 12.1 Å². The lowest BCUT2D eigenvalue weighted by molar-refractivity contribution is 0.0409. The molecule has 0 aromatic heterocycles. The van der Waals surface area contributed by atoms with Gasteiger partial charge in [0.15, 0.2) is 0 Å². The Morgan fingerprint density at radius 1 is 1.11 bits per heavy atom. The second-order valence-electron chi connectivity index (χ2n) is 4.98. The molecule has 1 aliphatic carbocycles. The van der Waals surface area contributed by atoms with Crippen molar-refractivity contribution in [3.05, 3.63) is 25.6 Å². The highest BCUT2D eigenvalue weighted by Gasteiger charge is 2.22. The van der Waals surface area contributed by atoms with Crippen LogP contribution in [-0.2, 0) is 0 Å². The van der Waals surface area contributed by atoms with Crippen molar-refractivity contribution in [2.24, 2.45) is 5.92 Å². The van der Waals surface area contributed by atoms with Crippen LogP contribution in [0.5, 0.6) is 5.75 Å². The van der Waals surface area contributed by atoms with Crippen molar-refractivity contribution in [2.45, 2.75) is 38.2 Å². The molecule has 0 aliphatic heterocycles. The van der Waals surface area contributed by atoms with Gasteiger partial charge in [-0.25, -0.2) is 0 Å². The van der Waals surface area contributed by atoms with Crippen molar-refractivity contribution in [1.82, 2.24) is 0 Å². The number of rotatable bonds is 4. The van der Waals surface area contributed by atoms with Gasteiger partial charge in [-0.3, -0.25) is 0 Å². The third kappa shape index (κ3) is 4.45. The van der Waals surface area contributed by atoms with Gasteiger partial charge >= 0.3 is 0 Å². The Balaban J connectivity index is 1.94. The van der Waals surface area contributed by atoms with E-state index in [0.717, 1.165) is 32.0 Å². The normalized spacial score (nSPS) is 18.3. The minimum absolute atomic E-state index is 0.351. The van der Waals surface area contributed by atoms with Gasteiger partial charge in [0.05, 0.1) is 15.0 Å². The first kappa shape index (κ1) is 15.8. The Morgan fingerprint density at radius 2 is 1.68 bits per heavy atom. The molecule has 1 aromatic carbocycles. The maximum Gasteiger partial charge on any atom is 0.147 e. The Bertz CT molecular complexity index is 408. The van der Waals surface area contributed by atoms with Crippen LogP contribution in [0.4, 0.5) is 0 Å². The Morgan fingerprint density at radius 3 is 2.26 bits per heavy atom. The zero-order chi connectivity index (χ0) is 13.8. The van der Waals surface area contributed by atoms with Crippen LogP contribution in [-0.4, -0.2) is 17.8 Å². The van der Waals surface area contributed by atoms with E-state index in [0.29, 0.717) is 12.5 Å². The molecule has 0 bridgehead atoms. The van der Waals surface area contributed by atoms with Gasteiger partial charge in [-0.15, -0.1) is 0 Å². The number of aliphatic hydroxyl groups excluding tert-OH is 1. The predicted octanol–water partition coefficient (Wildman–Crippen LogP) is 5.29. The third-order valence-corrected chi connectivity index (χ3v) is 5.19. The molecule has 0 spiro atoms. The second kappa shape index (κ2) is 7.43. The molecule has 0 saturated heterocycles. The summed E-state index contributed by atoms with van der Waals surface area (Å²) in [6, 6.07) is 3.88. The fourth-order valence-electron chi connectivity index (χ4n) is 2.49. The predicted molar refractivity (Wildman–Crippen MR) is 87.6 cm³/mol. The zero-order valence-corrected chi connectivity index (χ0v) is 15.3. The molecule has 19 heavy (non-hydrogen) atoms. The largest absolute Gasteiger partial charge is 0.489 e. The summed E-state index contributed by atoms with van der Waals surface area (Å²) in [5.74, 6) is 1.14. The number of benzene rings is 1. The van der Waals surface area contributed by atoms with Crippen molar-refractivity contribution in [1.29, 1.82) is 0 Å². The summed E-state index contributed by atoms with van der Waals surface area (Å²) in [6.45, 7) is 0.351. The third-order valence-electron chi connectivity index (χ3n) is 3.56. The monoisotopic (exact) mass is 454 g/mol. The van der Waals surface area contributed by atoms with Crippen LogP contribution in [0.1, 0.15) is 32.1 Å². The average Bonchev–Trinajstić information content (AvgIpc) is 2.38. The molecule has 1 atom stereocenters. The van der Waals surface area contributed by atoms with Crippen LogP contribution in [0.15, 0.2) is 25.6 Å². The summed E-state index contributed by atoms with van der Waals surface area (Å²) < 4.78 is 8.51. The van der Waals surface area contributed by atoms with Crippen molar-refractivity contribution in [3.8, 4) is 5.75 Å². The number of hydrogen-bond acceptors (Lipinski definition) is 2. The first-order valence-electron chi connectivity index (χ1n) is 6.53. The van der Waals surface area contributed by atoms with E-state index in [1.165, 1.54) is 19.3 Å². The zero-order valence-electron chi connectivity index (χ0n) is 10.5. The lowest BCUT2D eigenvalue weighted by Gasteiger charge is -2.26. The molecule has 1 aromatic rings. The molecule has 5 heteroatoms. The summed E-state index contributed by atoms with van der Waals surface area (Å²) >= 11 is 10.4. The number of aliphatic hydroxyl groups is 1. The summed E-state index contributed by atoms with van der Waals surface area (Å²) in [5, 5.41) is 10.2. The van der Waals surface area contributed by atoms with Crippen LogP contribution in [0.3, 0.4) is 0 Å². The first-order chi connectivity index (χ1) is 9.08. The summed E-state index contributed by atoms with van der Waals surface area (Å²) in [6.07, 6.45) is 5.62. The summed E-state index contributed by atoms with van der Waals surface area (Å²) in [4.78, 5) is 0. The van der Waals surface area contributed by atoms with Crippen molar-refractivity contribution in [2.75, 3.05) is 6.61 Å². The van der Waals surface area contributed by atoms with Crippen molar-refractivity contribution in [3.63, 3.8) is 0 Å². The van der Waals surface area contributed by atoms with Crippen molar-refractivity contribution >= 4 is 47.8 Å². The van der Waals surface area contributed by atoms with Gasteiger partial charge in [-0.2, -0.15) is 0 Å². The molecule has 1 aliphatic rings. The van der Waals surface area contributed by atoms with Gasteiger partial charge in [0.1, 0.15) is 12.4 Å². The first-order valence-corrected chi connectivity index (χ1v) is 8.91. The highest BCUT2D eigenvalue weighted by Crippen LogP contribution is 2.37. The molecule has 2 nitrogen and oxygen atoms in total. The number of halogens is 3. The van der Waals surface area contributed by atoms with Crippen molar-refractivity contribution < 1.29 is 9.84 Å². The molecule has 1 saturated carbocycles. The van der Waals surface area contributed by atoms with Gasteiger partial charge in [0.25, 0.3) is 0 Å². The van der Waals surface area contributed by atoms with E-state index in [2.05, 4.69) is 47.8 Å². The Kier molecular flexibility index (Phi) is 6.18. The number of hydrogen-bond donors (Lipinski definition) is 1. The minimum atomic E-state index is -0.372. The molecule has 1 N–H and O–H groups in total. The van der Waals surface area contributed by atoms with Crippen LogP contribution < -0.4 is 4.74 Å². The van der Waals surface area contributed by atoms with Crippen LogP contribution >= 0.6 is 47.8 Å². The van der Waals surface area contributed by atoms with E-state index in [1.54, 1.807) is 0 Å². The Labute approximate surface area is 139 Å². The molecule has 106 valence electrons. The van der Waals surface area contributed by atoms with E-state index < -0.39 is 0 Å². The van der Waals surface area contributed by atoms with Crippen LogP contribution in [0, 0.1) is 5.92 Å².